The van der Waals surface area contributed by atoms with Crippen molar-refractivity contribution in [3.8, 4) is 11.1 Å². The topological polar surface area (TPSA) is 133 Å². The largest absolute Gasteiger partial charge is 0.481 e. The van der Waals surface area contributed by atoms with Gasteiger partial charge in [-0.1, -0.05) is 12.1 Å². The highest BCUT2D eigenvalue weighted by Crippen LogP contribution is 2.46. The quantitative estimate of drug-likeness (QED) is 0.394. The molecule has 4 N–H and O–H groups in total. The molecule has 8 nitrogen and oxygen atoms in total. The molecule has 2 atom stereocenters. The molecule has 3 rings (SSSR count). The molecule has 0 saturated heterocycles. The molecule has 2 unspecified atom stereocenters. The number of carbonyl (C=O) groups excluding carboxylic acids is 1. The number of hydrogen-bond donors (Lipinski definition) is 4. The molecule has 1 aliphatic rings. The zero-order valence-electron chi connectivity index (χ0n) is 14.5. The van der Waals surface area contributed by atoms with E-state index in [-0.39, 0.29) is 30.4 Å². The van der Waals surface area contributed by atoms with Gasteiger partial charge in [-0.05, 0) is 46.5 Å². The van der Waals surface area contributed by atoms with E-state index in [1.54, 1.807) is 30.3 Å². The number of aliphatic carboxylic acids is 1. The van der Waals surface area contributed by atoms with Crippen molar-refractivity contribution in [1.82, 2.24) is 5.32 Å². The normalized spacial score (nSPS) is 15.4. The van der Waals surface area contributed by atoms with Crippen LogP contribution in [-0.4, -0.2) is 43.6 Å². The Morgan fingerprint density at radius 3 is 2.46 bits per heavy atom. The van der Waals surface area contributed by atoms with E-state index in [0.717, 1.165) is 22.3 Å². The highest BCUT2D eigenvalue weighted by atomic mass is 32.2. The number of amides is 1. The SMILES string of the molecule is O=C(O)CCNC(=O)OCC1c2cc(SO)ccc2-c2ccc(S(=O)O)cc21. The summed E-state index contributed by atoms with van der Waals surface area (Å²) in [7, 11) is 0. The first-order valence-electron chi connectivity index (χ1n) is 8.23. The van der Waals surface area contributed by atoms with E-state index in [9.17, 15) is 22.9 Å². The van der Waals surface area contributed by atoms with Crippen molar-refractivity contribution in [2.75, 3.05) is 13.2 Å². The van der Waals surface area contributed by atoms with Gasteiger partial charge in [-0.15, -0.1) is 0 Å². The van der Waals surface area contributed by atoms with Gasteiger partial charge in [0, 0.05) is 29.4 Å². The molecule has 0 aromatic heterocycles. The second-order valence-electron chi connectivity index (χ2n) is 6.06. The summed E-state index contributed by atoms with van der Waals surface area (Å²) < 4.78 is 35.4. The van der Waals surface area contributed by atoms with Gasteiger partial charge in [-0.25, -0.2) is 9.00 Å². The van der Waals surface area contributed by atoms with Crippen molar-refractivity contribution in [2.45, 2.75) is 22.1 Å². The van der Waals surface area contributed by atoms with Gasteiger partial charge >= 0.3 is 12.1 Å². The molecule has 2 aromatic rings. The summed E-state index contributed by atoms with van der Waals surface area (Å²) in [6.45, 7) is -0.0923. The van der Waals surface area contributed by atoms with Crippen molar-refractivity contribution in [2.24, 2.45) is 0 Å². The summed E-state index contributed by atoms with van der Waals surface area (Å²) in [5, 5.41) is 11.0. The second kappa shape index (κ2) is 8.74. The average molecular weight is 423 g/mol. The minimum atomic E-state index is -2.15. The first-order chi connectivity index (χ1) is 13.4. The molecule has 1 aliphatic carbocycles. The number of carboxylic acid groups (broad SMARTS) is 1. The molecule has 0 bridgehead atoms. The molecule has 1 amide bonds. The third-order valence-corrected chi connectivity index (χ3v) is 5.51. The molecule has 0 spiro atoms. The van der Waals surface area contributed by atoms with Gasteiger partial charge in [0.05, 0.1) is 11.3 Å². The summed E-state index contributed by atoms with van der Waals surface area (Å²) in [4.78, 5) is 23.2. The van der Waals surface area contributed by atoms with Crippen LogP contribution in [-0.2, 0) is 20.6 Å². The highest BCUT2D eigenvalue weighted by molar-refractivity contribution is 7.93. The van der Waals surface area contributed by atoms with Gasteiger partial charge in [-0.2, -0.15) is 0 Å². The van der Waals surface area contributed by atoms with E-state index >= 15 is 0 Å². The third kappa shape index (κ3) is 4.36. The van der Waals surface area contributed by atoms with Gasteiger partial charge in [0.15, 0.2) is 11.1 Å². The van der Waals surface area contributed by atoms with Crippen molar-refractivity contribution in [3.63, 3.8) is 0 Å². The number of hydrogen-bond acceptors (Lipinski definition) is 6. The third-order valence-electron chi connectivity index (χ3n) is 4.38. The van der Waals surface area contributed by atoms with Gasteiger partial charge in [0.2, 0.25) is 0 Å². The van der Waals surface area contributed by atoms with E-state index in [4.69, 9.17) is 9.84 Å². The molecular weight excluding hydrogens is 406 g/mol. The molecule has 2 aromatic carbocycles. The number of carboxylic acids is 1. The van der Waals surface area contributed by atoms with Crippen LogP contribution < -0.4 is 5.32 Å². The van der Waals surface area contributed by atoms with Crippen LogP contribution in [0.15, 0.2) is 46.2 Å². The molecule has 0 heterocycles. The van der Waals surface area contributed by atoms with Gasteiger partial charge < -0.3 is 24.3 Å². The van der Waals surface area contributed by atoms with Crippen molar-refractivity contribution < 1.29 is 32.7 Å². The van der Waals surface area contributed by atoms with E-state index in [2.05, 4.69) is 5.32 Å². The Labute approximate surface area is 167 Å². The van der Waals surface area contributed by atoms with E-state index in [1.807, 2.05) is 6.07 Å². The Hall–Kier alpha value is -2.40. The highest BCUT2D eigenvalue weighted by Gasteiger charge is 2.31. The fraction of sp³-hybridized carbons (Fsp3) is 0.222. The Kier molecular flexibility index (Phi) is 6.35. The van der Waals surface area contributed by atoms with E-state index in [0.29, 0.717) is 16.9 Å². The number of rotatable bonds is 7. The summed E-state index contributed by atoms with van der Waals surface area (Å²) in [5.41, 5.74) is 3.32. The smallest absolute Gasteiger partial charge is 0.407 e. The molecule has 0 radical (unpaired) electrons. The number of nitrogens with one attached hydrogen (secondary N) is 1. The molecule has 148 valence electrons. The Bertz CT molecular complexity index is 948. The zero-order chi connectivity index (χ0) is 20.3. The van der Waals surface area contributed by atoms with E-state index < -0.39 is 23.1 Å². The van der Waals surface area contributed by atoms with Crippen LogP contribution in [0, 0.1) is 0 Å². The van der Waals surface area contributed by atoms with Crippen molar-refractivity contribution in [3.05, 3.63) is 47.5 Å². The molecular formula is C18H17NO7S2. The van der Waals surface area contributed by atoms with Crippen LogP contribution in [0.25, 0.3) is 11.1 Å². The minimum Gasteiger partial charge on any atom is -0.481 e. The number of carbonyl (C=O) groups is 2. The van der Waals surface area contributed by atoms with Crippen LogP contribution in [0.1, 0.15) is 23.5 Å². The standard InChI is InChI=1S/C18H17NO7S2/c20-17(21)5-6-19-18(22)26-9-16-14-7-10(27-23)1-3-12(14)13-4-2-11(28(24)25)8-15(13)16/h1-4,7-8,16,23H,5-6,9H2,(H,19,22)(H,20,21)(H,24,25). The molecule has 0 fully saturated rings. The Morgan fingerprint density at radius 2 is 1.82 bits per heavy atom. The lowest BCUT2D eigenvalue weighted by Gasteiger charge is -2.15. The summed E-state index contributed by atoms with van der Waals surface area (Å²) in [6, 6.07) is 10.3. The lowest BCUT2D eigenvalue weighted by Crippen LogP contribution is -2.28. The van der Waals surface area contributed by atoms with Crippen LogP contribution >= 0.6 is 12.0 Å². The molecule has 10 heteroatoms. The summed E-state index contributed by atoms with van der Waals surface area (Å²) >= 11 is -1.55. The van der Waals surface area contributed by atoms with Crippen molar-refractivity contribution in [1.29, 1.82) is 0 Å². The molecule has 0 saturated carbocycles. The minimum absolute atomic E-state index is 0.0417. The van der Waals surface area contributed by atoms with Gasteiger partial charge in [-0.3, -0.25) is 4.79 Å². The van der Waals surface area contributed by atoms with Crippen LogP contribution in [0.5, 0.6) is 0 Å². The lowest BCUT2D eigenvalue weighted by molar-refractivity contribution is -0.136. The van der Waals surface area contributed by atoms with E-state index in [1.165, 1.54) is 0 Å². The summed E-state index contributed by atoms with van der Waals surface area (Å²) in [6.07, 6.45) is -0.960. The lowest BCUT2D eigenvalue weighted by atomic mass is 9.98. The summed E-state index contributed by atoms with van der Waals surface area (Å²) in [5.74, 6) is -1.41. The Morgan fingerprint density at radius 1 is 1.14 bits per heavy atom. The first-order valence-corrected chi connectivity index (χ1v) is 10.1. The first kappa shape index (κ1) is 20.3. The van der Waals surface area contributed by atoms with Crippen LogP contribution in [0.4, 0.5) is 4.79 Å². The second-order valence-corrected chi connectivity index (χ2v) is 7.68. The van der Waals surface area contributed by atoms with Gasteiger partial charge in [0.25, 0.3) is 0 Å². The van der Waals surface area contributed by atoms with Gasteiger partial charge in [0.1, 0.15) is 6.61 Å². The fourth-order valence-corrected chi connectivity index (χ4v) is 3.86. The molecule has 28 heavy (non-hydrogen) atoms. The number of benzene rings is 2. The van der Waals surface area contributed by atoms with Crippen LogP contribution in [0.2, 0.25) is 0 Å². The number of alkyl carbamates (subject to hydrolysis) is 1. The predicted molar refractivity (Wildman–Crippen MR) is 103 cm³/mol. The zero-order valence-corrected chi connectivity index (χ0v) is 16.1. The monoisotopic (exact) mass is 423 g/mol. The number of ether oxygens (including phenoxy) is 1. The predicted octanol–water partition coefficient (Wildman–Crippen LogP) is 3.15. The van der Waals surface area contributed by atoms with Crippen LogP contribution in [0.3, 0.4) is 0 Å². The fourth-order valence-electron chi connectivity index (χ4n) is 3.14. The maximum Gasteiger partial charge on any atom is 0.407 e. The maximum absolute atomic E-state index is 11.8. The number of fused-ring (bicyclic) bond motifs is 3. The maximum atomic E-state index is 11.8. The van der Waals surface area contributed by atoms with Crippen molar-refractivity contribution >= 4 is 35.2 Å². The Balaban J connectivity index is 1.85. The average Bonchev–Trinajstić information content (AvgIpc) is 2.98. The molecule has 0 aliphatic heterocycles.